The molecule has 0 radical (unpaired) electrons. The van der Waals surface area contributed by atoms with Crippen molar-refractivity contribution in [2.75, 3.05) is 0 Å². The van der Waals surface area contributed by atoms with Crippen molar-refractivity contribution in [3.63, 3.8) is 0 Å². The largest absolute Gasteiger partial charge is 0.295 e. The molecule has 2 aromatic carbocycles. The predicted octanol–water partition coefficient (Wildman–Crippen LogP) is 4.32. The first-order chi connectivity index (χ1) is 10.6. The van der Waals surface area contributed by atoms with Crippen LogP contribution in [0.25, 0.3) is 0 Å². The van der Waals surface area contributed by atoms with Gasteiger partial charge in [-0.3, -0.25) is 4.79 Å². The van der Waals surface area contributed by atoms with Gasteiger partial charge in [-0.25, -0.2) is 0 Å². The van der Waals surface area contributed by atoms with E-state index in [0.29, 0.717) is 0 Å². The molecule has 3 nitrogen and oxygen atoms in total. The lowest BCUT2D eigenvalue weighted by molar-refractivity contribution is 0.101. The Morgan fingerprint density at radius 3 is 2.05 bits per heavy atom. The molecular weight excluding hydrogens is 272 g/mol. The van der Waals surface area contributed by atoms with Gasteiger partial charge >= 0.3 is 0 Å². The second-order valence-electron chi connectivity index (χ2n) is 5.32. The molecule has 0 saturated carbocycles. The number of rotatable bonds is 5. The Labute approximate surface area is 131 Å². The molecule has 0 saturated heterocycles. The second-order valence-corrected chi connectivity index (χ2v) is 5.32. The summed E-state index contributed by atoms with van der Waals surface area (Å²) in [5.74, 6) is 0.0834. The Bertz CT molecular complexity index is 698. The van der Waals surface area contributed by atoms with Crippen LogP contribution < -0.4 is 0 Å². The molecule has 2 aromatic rings. The van der Waals surface area contributed by atoms with Gasteiger partial charge in [0, 0.05) is 17.7 Å². The zero-order chi connectivity index (χ0) is 15.9. The summed E-state index contributed by atoms with van der Waals surface area (Å²) in [4.78, 5) is 11.2. The molecule has 0 heterocycles. The van der Waals surface area contributed by atoms with E-state index in [1.165, 1.54) is 0 Å². The van der Waals surface area contributed by atoms with Crippen LogP contribution in [0.1, 0.15) is 42.3 Å². The van der Waals surface area contributed by atoms with Gasteiger partial charge in [0.15, 0.2) is 5.78 Å². The van der Waals surface area contributed by atoms with E-state index in [2.05, 4.69) is 10.2 Å². The summed E-state index contributed by atoms with van der Waals surface area (Å²) in [7, 11) is 0. The van der Waals surface area contributed by atoms with E-state index in [9.17, 15) is 4.79 Å². The van der Waals surface area contributed by atoms with Crippen LogP contribution in [-0.4, -0.2) is 17.2 Å². The van der Waals surface area contributed by atoms with Crippen molar-refractivity contribution in [1.82, 2.24) is 0 Å². The highest BCUT2D eigenvalue weighted by atomic mass is 16.1. The molecule has 0 aromatic heterocycles. The van der Waals surface area contributed by atoms with Crippen LogP contribution in [0.15, 0.2) is 64.8 Å². The molecule has 0 aliphatic carbocycles. The number of Topliss-reactive ketones (excluding diaryl/α,β-unsaturated/α-hetero) is 1. The number of hydrogen-bond acceptors (Lipinski definition) is 3. The standard InChI is InChI=1S/C19H20N2O/c1-14(13-17-9-11-19(12-10-17)16(3)22)20-21-15(2)18-7-5-4-6-8-18/h4-12H,13H2,1-3H3/b20-14+,21-15+. The first-order valence-corrected chi connectivity index (χ1v) is 7.29. The third-order valence-corrected chi connectivity index (χ3v) is 3.38. The zero-order valence-electron chi connectivity index (χ0n) is 13.2. The van der Waals surface area contributed by atoms with Crippen molar-refractivity contribution in [3.05, 3.63) is 71.3 Å². The minimum atomic E-state index is 0.0834. The number of hydrogen-bond donors (Lipinski definition) is 0. The van der Waals surface area contributed by atoms with Gasteiger partial charge in [-0.2, -0.15) is 10.2 Å². The van der Waals surface area contributed by atoms with Crippen molar-refractivity contribution < 1.29 is 4.79 Å². The van der Waals surface area contributed by atoms with E-state index < -0.39 is 0 Å². The van der Waals surface area contributed by atoms with Crippen LogP contribution in [0.5, 0.6) is 0 Å². The van der Waals surface area contributed by atoms with Gasteiger partial charge in [0.1, 0.15) is 0 Å². The molecule has 112 valence electrons. The molecule has 3 heteroatoms. The van der Waals surface area contributed by atoms with Crippen LogP contribution in [0.2, 0.25) is 0 Å². The Hall–Kier alpha value is -2.55. The molecular formula is C19H20N2O. The maximum atomic E-state index is 11.2. The highest BCUT2D eigenvalue weighted by molar-refractivity contribution is 5.99. The first kappa shape index (κ1) is 15.8. The molecule has 0 bridgehead atoms. The van der Waals surface area contributed by atoms with Crippen molar-refractivity contribution in [2.24, 2.45) is 10.2 Å². The van der Waals surface area contributed by atoms with E-state index in [1.807, 2.05) is 68.4 Å². The molecule has 0 aliphatic heterocycles. The predicted molar refractivity (Wildman–Crippen MR) is 91.9 cm³/mol. The van der Waals surface area contributed by atoms with Crippen LogP contribution >= 0.6 is 0 Å². The second kappa shape index (κ2) is 7.46. The highest BCUT2D eigenvalue weighted by Crippen LogP contribution is 2.07. The average Bonchev–Trinajstić information content (AvgIpc) is 2.54. The molecule has 0 N–H and O–H groups in total. The SMILES string of the molecule is CC(=O)c1ccc(C/C(C)=N/N=C(\C)c2ccccc2)cc1. The monoisotopic (exact) mass is 292 g/mol. The van der Waals surface area contributed by atoms with Crippen LogP contribution in [0, 0.1) is 0 Å². The topological polar surface area (TPSA) is 41.8 Å². The lowest BCUT2D eigenvalue weighted by atomic mass is 10.1. The average molecular weight is 292 g/mol. The van der Waals surface area contributed by atoms with E-state index in [-0.39, 0.29) is 5.78 Å². The van der Waals surface area contributed by atoms with Crippen molar-refractivity contribution in [3.8, 4) is 0 Å². The number of carbonyl (C=O) groups excluding carboxylic acids is 1. The zero-order valence-corrected chi connectivity index (χ0v) is 13.2. The lowest BCUT2D eigenvalue weighted by Gasteiger charge is -2.02. The first-order valence-electron chi connectivity index (χ1n) is 7.29. The normalized spacial score (nSPS) is 12.3. The number of benzene rings is 2. The van der Waals surface area contributed by atoms with Crippen LogP contribution in [0.3, 0.4) is 0 Å². The summed E-state index contributed by atoms with van der Waals surface area (Å²) < 4.78 is 0. The van der Waals surface area contributed by atoms with E-state index in [4.69, 9.17) is 0 Å². The molecule has 2 rings (SSSR count). The van der Waals surface area contributed by atoms with Gasteiger partial charge in [-0.05, 0) is 31.9 Å². The van der Waals surface area contributed by atoms with Crippen molar-refractivity contribution >= 4 is 17.2 Å². The van der Waals surface area contributed by atoms with Gasteiger partial charge in [-0.1, -0.05) is 54.6 Å². The maximum absolute atomic E-state index is 11.2. The minimum Gasteiger partial charge on any atom is -0.295 e. The van der Waals surface area contributed by atoms with Gasteiger partial charge < -0.3 is 0 Å². The Morgan fingerprint density at radius 2 is 1.45 bits per heavy atom. The number of carbonyl (C=O) groups is 1. The Kier molecular flexibility index (Phi) is 5.37. The molecule has 0 atom stereocenters. The summed E-state index contributed by atoms with van der Waals surface area (Å²) >= 11 is 0. The quantitative estimate of drug-likeness (QED) is 0.460. The van der Waals surface area contributed by atoms with E-state index in [0.717, 1.165) is 34.5 Å². The summed E-state index contributed by atoms with van der Waals surface area (Å²) in [6.45, 7) is 5.48. The number of nitrogens with zero attached hydrogens (tertiary/aromatic N) is 2. The van der Waals surface area contributed by atoms with Gasteiger partial charge in [0.25, 0.3) is 0 Å². The van der Waals surface area contributed by atoms with Gasteiger partial charge in [0.2, 0.25) is 0 Å². The van der Waals surface area contributed by atoms with Gasteiger partial charge in [-0.15, -0.1) is 0 Å². The van der Waals surface area contributed by atoms with E-state index >= 15 is 0 Å². The number of ketones is 1. The van der Waals surface area contributed by atoms with E-state index in [1.54, 1.807) is 6.92 Å². The fourth-order valence-electron chi connectivity index (χ4n) is 2.09. The lowest BCUT2D eigenvalue weighted by Crippen LogP contribution is -2.00. The molecule has 0 spiro atoms. The van der Waals surface area contributed by atoms with Gasteiger partial charge in [0.05, 0.1) is 5.71 Å². The summed E-state index contributed by atoms with van der Waals surface area (Å²) in [5.41, 5.74) is 4.76. The third kappa shape index (κ3) is 4.48. The molecule has 22 heavy (non-hydrogen) atoms. The smallest absolute Gasteiger partial charge is 0.159 e. The molecule has 0 amide bonds. The Balaban J connectivity index is 2.05. The minimum absolute atomic E-state index is 0.0834. The summed E-state index contributed by atoms with van der Waals surface area (Å²) in [6, 6.07) is 17.6. The van der Waals surface area contributed by atoms with Crippen LogP contribution in [0.4, 0.5) is 0 Å². The van der Waals surface area contributed by atoms with Crippen LogP contribution in [-0.2, 0) is 6.42 Å². The molecule has 0 aliphatic rings. The fraction of sp³-hybridized carbons (Fsp3) is 0.211. The Morgan fingerprint density at radius 1 is 0.818 bits per heavy atom. The van der Waals surface area contributed by atoms with Crippen molar-refractivity contribution in [1.29, 1.82) is 0 Å². The maximum Gasteiger partial charge on any atom is 0.159 e. The molecule has 0 fully saturated rings. The molecule has 0 unspecified atom stereocenters. The van der Waals surface area contributed by atoms with Crippen molar-refractivity contribution in [2.45, 2.75) is 27.2 Å². The summed E-state index contributed by atoms with van der Waals surface area (Å²) in [6.07, 6.45) is 0.726. The fourth-order valence-corrected chi connectivity index (χ4v) is 2.09. The highest BCUT2D eigenvalue weighted by Gasteiger charge is 2.01. The summed E-state index contributed by atoms with van der Waals surface area (Å²) in [5, 5.41) is 8.58. The third-order valence-electron chi connectivity index (χ3n) is 3.38.